The third kappa shape index (κ3) is 3.63. The van der Waals surface area contributed by atoms with Crippen LogP contribution >= 0.6 is 0 Å². The first-order chi connectivity index (χ1) is 7.45. The lowest BCUT2D eigenvalue weighted by atomic mass is 10.1. The van der Waals surface area contributed by atoms with Crippen molar-refractivity contribution in [1.82, 2.24) is 9.88 Å². The highest BCUT2D eigenvalue weighted by Crippen LogP contribution is 2.09. The monoisotopic (exact) mass is 204 g/mol. The van der Waals surface area contributed by atoms with Crippen molar-refractivity contribution < 1.29 is 0 Å². The van der Waals surface area contributed by atoms with Crippen LogP contribution in [0.2, 0.25) is 0 Å². The van der Waals surface area contributed by atoms with E-state index in [9.17, 15) is 0 Å². The lowest BCUT2D eigenvalue weighted by molar-refractivity contribution is 0.330. The second kappa shape index (κ2) is 5.86. The molecule has 0 N–H and O–H groups in total. The molecule has 0 amide bonds. The normalized spacial score (nSPS) is 17.1. The van der Waals surface area contributed by atoms with Crippen molar-refractivity contribution in [3.63, 3.8) is 0 Å². The SMILES string of the molecule is c1cncc(CCCCN2CCCC2)c1. The Morgan fingerprint density at radius 2 is 2.07 bits per heavy atom. The van der Waals surface area contributed by atoms with Crippen LogP contribution in [0.25, 0.3) is 0 Å². The van der Waals surface area contributed by atoms with E-state index in [0.29, 0.717) is 0 Å². The molecule has 2 rings (SSSR count). The minimum absolute atomic E-state index is 1.18. The van der Waals surface area contributed by atoms with Crippen molar-refractivity contribution in [3.8, 4) is 0 Å². The molecule has 1 fully saturated rings. The van der Waals surface area contributed by atoms with Gasteiger partial charge in [-0.2, -0.15) is 0 Å². The van der Waals surface area contributed by atoms with Gasteiger partial charge in [-0.1, -0.05) is 6.07 Å². The summed E-state index contributed by atoms with van der Waals surface area (Å²) in [4.78, 5) is 6.72. The zero-order valence-electron chi connectivity index (χ0n) is 9.36. The Morgan fingerprint density at radius 1 is 1.20 bits per heavy atom. The molecule has 1 aromatic rings. The predicted octanol–water partition coefficient (Wildman–Crippen LogP) is 2.50. The first-order valence-corrected chi connectivity index (χ1v) is 6.06. The minimum Gasteiger partial charge on any atom is -0.303 e. The average Bonchev–Trinajstić information content (AvgIpc) is 2.79. The van der Waals surface area contributed by atoms with E-state index in [1.54, 1.807) is 0 Å². The van der Waals surface area contributed by atoms with Crippen LogP contribution in [0.5, 0.6) is 0 Å². The van der Waals surface area contributed by atoms with Gasteiger partial charge in [-0.05, 0) is 63.4 Å². The fourth-order valence-electron chi connectivity index (χ4n) is 2.22. The first-order valence-electron chi connectivity index (χ1n) is 6.06. The molecule has 1 aliphatic heterocycles. The van der Waals surface area contributed by atoms with Crippen molar-refractivity contribution in [3.05, 3.63) is 30.1 Å². The van der Waals surface area contributed by atoms with Gasteiger partial charge in [0.2, 0.25) is 0 Å². The number of aryl methyl sites for hydroxylation is 1. The Balaban J connectivity index is 1.59. The van der Waals surface area contributed by atoms with Gasteiger partial charge < -0.3 is 4.90 Å². The van der Waals surface area contributed by atoms with Gasteiger partial charge in [0.25, 0.3) is 0 Å². The lowest BCUT2D eigenvalue weighted by Gasteiger charge is -2.13. The first kappa shape index (κ1) is 10.6. The van der Waals surface area contributed by atoms with E-state index >= 15 is 0 Å². The second-order valence-corrected chi connectivity index (χ2v) is 4.37. The molecule has 0 aliphatic carbocycles. The number of hydrogen-bond acceptors (Lipinski definition) is 2. The van der Waals surface area contributed by atoms with Crippen molar-refractivity contribution in [2.45, 2.75) is 32.1 Å². The maximum absolute atomic E-state index is 4.13. The van der Waals surface area contributed by atoms with Crippen LogP contribution in [0, 0.1) is 0 Å². The van der Waals surface area contributed by atoms with Gasteiger partial charge >= 0.3 is 0 Å². The number of nitrogens with zero attached hydrogens (tertiary/aromatic N) is 2. The van der Waals surface area contributed by atoms with Crippen LogP contribution in [-0.4, -0.2) is 29.5 Å². The van der Waals surface area contributed by atoms with E-state index in [1.165, 1.54) is 57.3 Å². The Kier molecular flexibility index (Phi) is 4.15. The molecule has 82 valence electrons. The summed E-state index contributed by atoms with van der Waals surface area (Å²) >= 11 is 0. The fourth-order valence-corrected chi connectivity index (χ4v) is 2.22. The summed E-state index contributed by atoms with van der Waals surface area (Å²) in [7, 11) is 0. The second-order valence-electron chi connectivity index (χ2n) is 4.37. The van der Waals surface area contributed by atoms with E-state index in [4.69, 9.17) is 0 Å². The molecular weight excluding hydrogens is 184 g/mol. The van der Waals surface area contributed by atoms with Crippen LogP contribution < -0.4 is 0 Å². The molecule has 0 bridgehead atoms. The van der Waals surface area contributed by atoms with Gasteiger partial charge in [0.1, 0.15) is 0 Å². The molecule has 15 heavy (non-hydrogen) atoms. The number of pyridine rings is 1. The molecule has 0 radical (unpaired) electrons. The molecule has 0 saturated carbocycles. The van der Waals surface area contributed by atoms with E-state index in [-0.39, 0.29) is 0 Å². The van der Waals surface area contributed by atoms with E-state index in [0.717, 1.165) is 0 Å². The van der Waals surface area contributed by atoms with Crippen LogP contribution in [-0.2, 0) is 6.42 Å². The van der Waals surface area contributed by atoms with Gasteiger partial charge in [0.15, 0.2) is 0 Å². The number of hydrogen-bond donors (Lipinski definition) is 0. The molecule has 0 aromatic carbocycles. The van der Waals surface area contributed by atoms with E-state index < -0.39 is 0 Å². The summed E-state index contributed by atoms with van der Waals surface area (Å²) in [6.45, 7) is 3.94. The summed E-state index contributed by atoms with van der Waals surface area (Å²) in [6.07, 6.45) is 10.4. The fraction of sp³-hybridized carbons (Fsp3) is 0.615. The molecule has 1 aliphatic rings. The summed E-state index contributed by atoms with van der Waals surface area (Å²) in [5, 5.41) is 0. The van der Waals surface area contributed by atoms with Crippen molar-refractivity contribution in [2.24, 2.45) is 0 Å². The maximum Gasteiger partial charge on any atom is 0.0299 e. The highest BCUT2D eigenvalue weighted by molar-refractivity contribution is 5.08. The molecule has 0 atom stereocenters. The molecule has 1 saturated heterocycles. The predicted molar refractivity (Wildman–Crippen MR) is 62.8 cm³/mol. The average molecular weight is 204 g/mol. The van der Waals surface area contributed by atoms with Gasteiger partial charge in [-0.3, -0.25) is 4.98 Å². The number of unbranched alkanes of at least 4 members (excludes halogenated alkanes) is 1. The van der Waals surface area contributed by atoms with E-state index in [2.05, 4.69) is 16.0 Å². The standard InChI is InChI=1S/C13H20N2/c1(2-9-15-10-3-4-11-15)6-13-7-5-8-14-12-13/h5,7-8,12H,1-4,6,9-11H2. The largest absolute Gasteiger partial charge is 0.303 e. The molecule has 2 heteroatoms. The number of likely N-dealkylation sites (tertiary alicyclic amines) is 1. The third-order valence-electron chi connectivity index (χ3n) is 3.11. The third-order valence-corrected chi connectivity index (χ3v) is 3.11. The highest BCUT2D eigenvalue weighted by Gasteiger charge is 2.09. The van der Waals surface area contributed by atoms with Crippen LogP contribution in [0.3, 0.4) is 0 Å². The van der Waals surface area contributed by atoms with Crippen molar-refractivity contribution in [2.75, 3.05) is 19.6 Å². The van der Waals surface area contributed by atoms with Gasteiger partial charge in [-0.25, -0.2) is 0 Å². The quantitative estimate of drug-likeness (QED) is 0.685. The maximum atomic E-state index is 4.13. The Labute approximate surface area is 92.3 Å². The molecule has 1 aromatic heterocycles. The molecule has 2 heterocycles. The van der Waals surface area contributed by atoms with Gasteiger partial charge in [0.05, 0.1) is 0 Å². The molecule has 0 unspecified atom stereocenters. The Bertz CT molecular complexity index is 265. The summed E-state index contributed by atoms with van der Waals surface area (Å²) in [5.41, 5.74) is 1.37. The summed E-state index contributed by atoms with van der Waals surface area (Å²) < 4.78 is 0. The minimum atomic E-state index is 1.18. The zero-order valence-corrected chi connectivity index (χ0v) is 9.36. The summed E-state index contributed by atoms with van der Waals surface area (Å²) in [5.74, 6) is 0. The Hall–Kier alpha value is -0.890. The smallest absolute Gasteiger partial charge is 0.0299 e. The van der Waals surface area contributed by atoms with Crippen molar-refractivity contribution in [1.29, 1.82) is 0 Å². The molecule has 2 nitrogen and oxygen atoms in total. The number of aromatic nitrogens is 1. The lowest BCUT2D eigenvalue weighted by Crippen LogP contribution is -2.20. The van der Waals surface area contributed by atoms with E-state index in [1.807, 2.05) is 18.5 Å². The zero-order chi connectivity index (χ0) is 10.3. The highest BCUT2D eigenvalue weighted by atomic mass is 15.1. The van der Waals surface area contributed by atoms with Gasteiger partial charge in [0, 0.05) is 12.4 Å². The molecule has 0 spiro atoms. The Morgan fingerprint density at radius 3 is 2.80 bits per heavy atom. The summed E-state index contributed by atoms with van der Waals surface area (Å²) in [6, 6.07) is 4.19. The van der Waals surface area contributed by atoms with Crippen LogP contribution in [0.1, 0.15) is 31.2 Å². The topological polar surface area (TPSA) is 16.1 Å². The van der Waals surface area contributed by atoms with Gasteiger partial charge in [-0.15, -0.1) is 0 Å². The number of rotatable bonds is 5. The van der Waals surface area contributed by atoms with Crippen LogP contribution in [0.4, 0.5) is 0 Å². The van der Waals surface area contributed by atoms with Crippen LogP contribution in [0.15, 0.2) is 24.5 Å². The molecular formula is C13H20N2. The van der Waals surface area contributed by atoms with Crippen molar-refractivity contribution >= 4 is 0 Å².